The molecule has 0 atom stereocenters. The maximum Gasteiger partial charge on any atom is 0.307 e. The molecule has 25 heavy (non-hydrogen) atoms. The summed E-state index contributed by atoms with van der Waals surface area (Å²) < 4.78 is 6.13. The molecule has 0 unspecified atom stereocenters. The van der Waals surface area contributed by atoms with E-state index >= 15 is 0 Å². The molecular weight excluding hydrogens is 328 g/mol. The summed E-state index contributed by atoms with van der Waals surface area (Å²) in [5.41, 5.74) is 1.68. The first-order valence-corrected chi connectivity index (χ1v) is 8.74. The summed E-state index contributed by atoms with van der Waals surface area (Å²) in [7, 11) is 0. The number of benzene rings is 3. The number of carbonyl (C=O) groups excluding carboxylic acids is 1. The van der Waals surface area contributed by atoms with Gasteiger partial charge in [0.1, 0.15) is 0 Å². The fourth-order valence-corrected chi connectivity index (χ4v) is 3.22. The van der Waals surface area contributed by atoms with Crippen molar-refractivity contribution in [2.75, 3.05) is 0 Å². The minimum Gasteiger partial charge on any atom is -0.444 e. The van der Waals surface area contributed by atoms with Crippen LogP contribution in [0.2, 0.25) is 0 Å². The number of hydrogen-bond acceptors (Lipinski definition) is 3. The van der Waals surface area contributed by atoms with Crippen molar-refractivity contribution < 1.29 is 9.53 Å². The lowest BCUT2D eigenvalue weighted by atomic mass is 9.80. The van der Waals surface area contributed by atoms with Crippen molar-refractivity contribution in [3.05, 3.63) is 102 Å². The summed E-state index contributed by atoms with van der Waals surface area (Å²) in [5.74, 6) is -0.253. The fraction of sp³-hybridized carbons (Fsp3) is 0.136. The Bertz CT molecular complexity index is 805. The Hall–Kier alpha value is -2.52. The van der Waals surface area contributed by atoms with Gasteiger partial charge in [0.25, 0.3) is 0 Å². The first-order chi connectivity index (χ1) is 12.2. The van der Waals surface area contributed by atoms with Crippen molar-refractivity contribution in [1.29, 1.82) is 0 Å². The Labute approximate surface area is 153 Å². The molecule has 0 bridgehead atoms. The van der Waals surface area contributed by atoms with Gasteiger partial charge in [-0.15, -0.1) is 12.6 Å². The van der Waals surface area contributed by atoms with Crippen LogP contribution in [0.4, 0.5) is 0 Å². The Balaban J connectivity index is 2.33. The monoisotopic (exact) mass is 348 g/mol. The molecule has 126 valence electrons. The molecule has 3 heteroatoms. The first kappa shape index (κ1) is 17.3. The van der Waals surface area contributed by atoms with Gasteiger partial charge in [0.05, 0.1) is 0 Å². The molecule has 0 spiro atoms. The normalized spacial score (nSPS) is 11.1. The van der Waals surface area contributed by atoms with E-state index in [0.717, 1.165) is 21.6 Å². The highest BCUT2D eigenvalue weighted by atomic mass is 32.1. The predicted octanol–water partition coefficient (Wildman–Crippen LogP) is 5.22. The second-order valence-electron chi connectivity index (χ2n) is 5.79. The van der Waals surface area contributed by atoms with Gasteiger partial charge in [-0.05, 0) is 12.1 Å². The van der Waals surface area contributed by atoms with Crippen LogP contribution in [0.15, 0.2) is 89.8 Å². The van der Waals surface area contributed by atoms with E-state index in [1.165, 1.54) is 0 Å². The molecule has 0 amide bonds. The van der Waals surface area contributed by atoms with Gasteiger partial charge in [-0.25, -0.2) is 0 Å². The summed E-state index contributed by atoms with van der Waals surface area (Å²) >= 11 is 4.48. The predicted molar refractivity (Wildman–Crippen MR) is 103 cm³/mol. The van der Waals surface area contributed by atoms with Gasteiger partial charge < -0.3 is 4.74 Å². The number of carbonyl (C=O) groups is 1. The van der Waals surface area contributed by atoms with Gasteiger partial charge in [-0.1, -0.05) is 79.7 Å². The average molecular weight is 348 g/mol. The third-order valence-corrected chi connectivity index (χ3v) is 4.45. The smallest absolute Gasteiger partial charge is 0.307 e. The summed E-state index contributed by atoms with van der Waals surface area (Å²) in [6, 6.07) is 27.4. The van der Waals surface area contributed by atoms with Crippen molar-refractivity contribution >= 4 is 18.6 Å². The lowest BCUT2D eigenvalue weighted by Gasteiger charge is -2.35. The van der Waals surface area contributed by atoms with E-state index in [9.17, 15) is 4.79 Å². The van der Waals surface area contributed by atoms with E-state index in [1.807, 2.05) is 84.9 Å². The van der Waals surface area contributed by atoms with E-state index < -0.39 is 5.60 Å². The molecule has 0 saturated heterocycles. The van der Waals surface area contributed by atoms with E-state index in [2.05, 4.69) is 12.6 Å². The molecule has 2 nitrogen and oxygen atoms in total. The van der Waals surface area contributed by atoms with Gasteiger partial charge in [-0.3, -0.25) is 4.79 Å². The van der Waals surface area contributed by atoms with Gasteiger partial charge in [0, 0.05) is 28.0 Å². The lowest BCUT2D eigenvalue weighted by Crippen LogP contribution is -2.35. The van der Waals surface area contributed by atoms with Crippen molar-refractivity contribution in [3.8, 4) is 0 Å². The number of ether oxygens (including phenoxy) is 1. The molecule has 3 rings (SSSR count). The highest BCUT2D eigenvalue weighted by Crippen LogP contribution is 2.41. The average Bonchev–Trinajstić information content (AvgIpc) is 2.67. The first-order valence-electron chi connectivity index (χ1n) is 8.29. The standard InChI is InChI=1S/C22H20O2S/c1-2-21(23)24-22(17-10-5-3-6-11-17,18-12-7-4-8-13-18)19-14-9-15-20(25)16-19/h3-16,25H,2H2,1H3. The van der Waals surface area contributed by atoms with Gasteiger partial charge in [0.2, 0.25) is 0 Å². The molecule has 0 radical (unpaired) electrons. The van der Waals surface area contributed by atoms with Crippen molar-refractivity contribution in [1.82, 2.24) is 0 Å². The molecule has 0 heterocycles. The van der Waals surface area contributed by atoms with Gasteiger partial charge in [0.15, 0.2) is 5.60 Å². The van der Waals surface area contributed by atoms with Gasteiger partial charge in [-0.2, -0.15) is 0 Å². The van der Waals surface area contributed by atoms with E-state index in [1.54, 1.807) is 6.92 Å². The van der Waals surface area contributed by atoms with Gasteiger partial charge >= 0.3 is 5.97 Å². The van der Waals surface area contributed by atoms with Crippen LogP contribution in [-0.2, 0) is 15.1 Å². The zero-order valence-electron chi connectivity index (χ0n) is 14.1. The Kier molecular flexibility index (Phi) is 5.25. The maximum atomic E-state index is 12.4. The summed E-state index contributed by atoms with van der Waals surface area (Å²) in [4.78, 5) is 13.2. The van der Waals surface area contributed by atoms with Crippen LogP contribution in [0.3, 0.4) is 0 Å². The number of hydrogen-bond donors (Lipinski definition) is 1. The molecule has 0 N–H and O–H groups in total. The molecular formula is C22H20O2S. The Morgan fingerprint density at radius 2 is 1.36 bits per heavy atom. The third kappa shape index (κ3) is 3.47. The molecule has 3 aromatic rings. The van der Waals surface area contributed by atoms with Crippen molar-refractivity contribution in [2.45, 2.75) is 23.8 Å². The summed E-state index contributed by atoms with van der Waals surface area (Å²) in [6.45, 7) is 1.80. The van der Waals surface area contributed by atoms with Crippen molar-refractivity contribution in [2.24, 2.45) is 0 Å². The minimum atomic E-state index is -1.01. The summed E-state index contributed by atoms with van der Waals surface area (Å²) in [5, 5.41) is 0. The molecule has 0 aliphatic rings. The minimum absolute atomic E-state index is 0.253. The maximum absolute atomic E-state index is 12.4. The highest BCUT2D eigenvalue weighted by molar-refractivity contribution is 7.80. The number of thiol groups is 1. The van der Waals surface area contributed by atoms with Crippen molar-refractivity contribution in [3.63, 3.8) is 0 Å². The van der Waals surface area contributed by atoms with Crippen LogP contribution in [0.1, 0.15) is 30.0 Å². The van der Waals surface area contributed by atoms with E-state index in [4.69, 9.17) is 4.74 Å². The van der Waals surface area contributed by atoms with Crippen LogP contribution in [0.25, 0.3) is 0 Å². The van der Waals surface area contributed by atoms with E-state index in [-0.39, 0.29) is 5.97 Å². The largest absolute Gasteiger partial charge is 0.444 e. The molecule has 3 aromatic carbocycles. The Morgan fingerprint density at radius 3 is 1.84 bits per heavy atom. The molecule has 0 aliphatic heterocycles. The van der Waals surface area contributed by atoms with Crippen LogP contribution in [0.5, 0.6) is 0 Å². The third-order valence-electron chi connectivity index (χ3n) is 4.17. The molecule has 0 aliphatic carbocycles. The van der Waals surface area contributed by atoms with E-state index in [0.29, 0.717) is 6.42 Å². The fourth-order valence-electron chi connectivity index (χ4n) is 2.99. The molecule has 0 saturated carbocycles. The zero-order chi connectivity index (χ0) is 17.7. The number of rotatable bonds is 5. The van der Waals surface area contributed by atoms with Crippen LogP contribution >= 0.6 is 12.6 Å². The summed E-state index contributed by atoms with van der Waals surface area (Å²) in [6.07, 6.45) is 0.308. The number of esters is 1. The Morgan fingerprint density at radius 1 is 0.840 bits per heavy atom. The van der Waals surface area contributed by atoms with Crippen LogP contribution in [0, 0.1) is 0 Å². The SMILES string of the molecule is CCC(=O)OC(c1ccccc1)(c1ccccc1)c1cccc(S)c1. The zero-order valence-corrected chi connectivity index (χ0v) is 14.9. The van der Waals surface area contributed by atoms with Crippen LogP contribution < -0.4 is 0 Å². The highest BCUT2D eigenvalue weighted by Gasteiger charge is 2.40. The molecule has 0 fully saturated rings. The quantitative estimate of drug-likeness (QED) is 0.389. The second-order valence-corrected chi connectivity index (χ2v) is 6.31. The second kappa shape index (κ2) is 7.58. The topological polar surface area (TPSA) is 26.3 Å². The lowest BCUT2D eigenvalue weighted by molar-refractivity contribution is -0.153. The van der Waals surface area contributed by atoms with Crippen LogP contribution in [-0.4, -0.2) is 5.97 Å². The molecule has 0 aromatic heterocycles.